The summed E-state index contributed by atoms with van der Waals surface area (Å²) in [5.74, 6) is 1.36. The molecule has 18 heavy (non-hydrogen) atoms. The summed E-state index contributed by atoms with van der Waals surface area (Å²) in [6.45, 7) is 8.24. The molecule has 1 aromatic rings. The molecule has 0 radical (unpaired) electrons. The van der Waals surface area contributed by atoms with Crippen LogP contribution in [-0.2, 0) is 0 Å². The molecule has 0 bridgehead atoms. The predicted molar refractivity (Wildman–Crippen MR) is 77.4 cm³/mol. The summed E-state index contributed by atoms with van der Waals surface area (Å²) in [6.07, 6.45) is 2.73. The van der Waals surface area contributed by atoms with Gasteiger partial charge in [0.2, 0.25) is 0 Å². The molecule has 1 saturated heterocycles. The van der Waals surface area contributed by atoms with Crippen LogP contribution >= 0.6 is 0 Å². The Labute approximate surface area is 111 Å². The molecule has 0 spiro atoms. The van der Waals surface area contributed by atoms with Gasteiger partial charge in [0.15, 0.2) is 0 Å². The van der Waals surface area contributed by atoms with Crippen LogP contribution in [0.15, 0.2) is 30.3 Å². The van der Waals surface area contributed by atoms with Crippen molar-refractivity contribution in [2.24, 2.45) is 17.6 Å². The van der Waals surface area contributed by atoms with Crippen molar-refractivity contribution in [3.63, 3.8) is 0 Å². The number of likely N-dealkylation sites (tertiary alicyclic amines) is 1. The summed E-state index contributed by atoms with van der Waals surface area (Å²) < 4.78 is 0. The first-order valence-electron chi connectivity index (χ1n) is 7.19. The standard InChI is InChI=1S/C16H26N2/c1-13-7-6-10-18(11-13)12-14(2)16(17)15-8-4-3-5-9-15/h3-5,8-9,13-14,16H,6-7,10-12,17H2,1-2H3. The third kappa shape index (κ3) is 3.56. The van der Waals surface area contributed by atoms with Crippen molar-refractivity contribution in [2.75, 3.05) is 19.6 Å². The maximum atomic E-state index is 6.36. The quantitative estimate of drug-likeness (QED) is 0.884. The van der Waals surface area contributed by atoms with E-state index in [1.165, 1.54) is 31.5 Å². The van der Waals surface area contributed by atoms with Gasteiger partial charge in [0, 0.05) is 19.1 Å². The Morgan fingerprint density at radius 2 is 2.06 bits per heavy atom. The van der Waals surface area contributed by atoms with Gasteiger partial charge in [-0.3, -0.25) is 0 Å². The van der Waals surface area contributed by atoms with Gasteiger partial charge in [0.1, 0.15) is 0 Å². The summed E-state index contributed by atoms with van der Waals surface area (Å²) in [7, 11) is 0. The third-order valence-electron chi connectivity index (χ3n) is 4.08. The lowest BCUT2D eigenvalue weighted by Gasteiger charge is -2.34. The molecule has 1 aromatic carbocycles. The molecule has 2 nitrogen and oxygen atoms in total. The van der Waals surface area contributed by atoms with Crippen LogP contribution < -0.4 is 5.73 Å². The Balaban J connectivity index is 1.89. The van der Waals surface area contributed by atoms with Gasteiger partial charge in [0.25, 0.3) is 0 Å². The van der Waals surface area contributed by atoms with Gasteiger partial charge >= 0.3 is 0 Å². The van der Waals surface area contributed by atoms with E-state index in [0.717, 1.165) is 12.5 Å². The smallest absolute Gasteiger partial charge is 0.0333 e. The number of benzene rings is 1. The van der Waals surface area contributed by atoms with E-state index in [0.29, 0.717) is 5.92 Å². The minimum atomic E-state index is 0.156. The van der Waals surface area contributed by atoms with Gasteiger partial charge in [-0.1, -0.05) is 44.2 Å². The molecule has 0 aromatic heterocycles. The summed E-state index contributed by atoms with van der Waals surface area (Å²) in [4.78, 5) is 2.58. The highest BCUT2D eigenvalue weighted by molar-refractivity contribution is 5.19. The maximum Gasteiger partial charge on any atom is 0.0333 e. The van der Waals surface area contributed by atoms with Gasteiger partial charge in [0.05, 0.1) is 0 Å². The molecule has 0 aliphatic carbocycles. The van der Waals surface area contributed by atoms with Crippen molar-refractivity contribution in [2.45, 2.75) is 32.7 Å². The molecule has 1 aliphatic heterocycles. The predicted octanol–water partition coefficient (Wildman–Crippen LogP) is 3.05. The van der Waals surface area contributed by atoms with Crippen LogP contribution in [0, 0.1) is 11.8 Å². The number of hydrogen-bond acceptors (Lipinski definition) is 2. The first kappa shape index (κ1) is 13.6. The first-order chi connectivity index (χ1) is 8.66. The highest BCUT2D eigenvalue weighted by Gasteiger charge is 2.21. The van der Waals surface area contributed by atoms with E-state index in [1.54, 1.807) is 0 Å². The second-order valence-corrected chi connectivity index (χ2v) is 5.92. The summed E-state index contributed by atoms with van der Waals surface area (Å²) in [5.41, 5.74) is 7.62. The Morgan fingerprint density at radius 3 is 2.72 bits per heavy atom. The zero-order valence-corrected chi connectivity index (χ0v) is 11.7. The van der Waals surface area contributed by atoms with Crippen LogP contribution in [0.1, 0.15) is 38.3 Å². The SMILES string of the molecule is CC1CCCN(CC(C)C(N)c2ccccc2)C1. The Bertz CT molecular complexity index is 349. The number of hydrogen-bond donors (Lipinski definition) is 1. The van der Waals surface area contributed by atoms with Crippen LogP contribution in [0.2, 0.25) is 0 Å². The van der Waals surface area contributed by atoms with Gasteiger partial charge in [-0.25, -0.2) is 0 Å². The van der Waals surface area contributed by atoms with Crippen molar-refractivity contribution in [1.82, 2.24) is 4.90 Å². The fourth-order valence-electron chi connectivity index (χ4n) is 2.98. The van der Waals surface area contributed by atoms with Crippen LogP contribution in [-0.4, -0.2) is 24.5 Å². The lowest BCUT2D eigenvalue weighted by molar-refractivity contribution is 0.155. The van der Waals surface area contributed by atoms with Crippen molar-refractivity contribution in [3.8, 4) is 0 Å². The molecule has 1 aliphatic rings. The van der Waals surface area contributed by atoms with E-state index in [-0.39, 0.29) is 6.04 Å². The van der Waals surface area contributed by atoms with Crippen molar-refractivity contribution in [3.05, 3.63) is 35.9 Å². The maximum absolute atomic E-state index is 6.36. The average Bonchev–Trinajstić information content (AvgIpc) is 2.39. The fraction of sp³-hybridized carbons (Fsp3) is 0.625. The molecule has 1 fully saturated rings. The second kappa shape index (κ2) is 6.35. The molecule has 0 saturated carbocycles. The van der Waals surface area contributed by atoms with E-state index >= 15 is 0 Å². The minimum Gasteiger partial charge on any atom is -0.324 e. The molecule has 2 heteroatoms. The van der Waals surface area contributed by atoms with Crippen LogP contribution in [0.25, 0.3) is 0 Å². The molecular weight excluding hydrogens is 220 g/mol. The van der Waals surface area contributed by atoms with Gasteiger partial charge in [-0.05, 0) is 36.8 Å². The summed E-state index contributed by atoms with van der Waals surface area (Å²) in [5, 5.41) is 0. The van der Waals surface area contributed by atoms with Crippen molar-refractivity contribution >= 4 is 0 Å². The number of nitrogens with two attached hydrogens (primary N) is 1. The van der Waals surface area contributed by atoms with Crippen molar-refractivity contribution < 1.29 is 0 Å². The lowest BCUT2D eigenvalue weighted by Crippen LogP contribution is -2.39. The molecular formula is C16H26N2. The number of nitrogens with zero attached hydrogens (tertiary/aromatic N) is 1. The van der Waals surface area contributed by atoms with Gasteiger partial charge < -0.3 is 10.6 Å². The second-order valence-electron chi connectivity index (χ2n) is 5.92. The number of piperidine rings is 1. The van der Waals surface area contributed by atoms with E-state index in [9.17, 15) is 0 Å². The van der Waals surface area contributed by atoms with E-state index in [4.69, 9.17) is 5.73 Å². The highest BCUT2D eigenvalue weighted by atomic mass is 15.1. The van der Waals surface area contributed by atoms with Crippen LogP contribution in [0.5, 0.6) is 0 Å². The molecule has 1 heterocycles. The first-order valence-corrected chi connectivity index (χ1v) is 7.19. The van der Waals surface area contributed by atoms with Crippen molar-refractivity contribution in [1.29, 1.82) is 0 Å². The molecule has 2 rings (SSSR count). The third-order valence-corrected chi connectivity index (χ3v) is 4.08. The lowest BCUT2D eigenvalue weighted by atomic mass is 9.93. The van der Waals surface area contributed by atoms with Crippen LogP contribution in [0.4, 0.5) is 0 Å². The molecule has 2 N–H and O–H groups in total. The highest BCUT2D eigenvalue weighted by Crippen LogP contribution is 2.22. The number of rotatable bonds is 4. The Morgan fingerprint density at radius 1 is 1.33 bits per heavy atom. The van der Waals surface area contributed by atoms with E-state index < -0.39 is 0 Å². The Hall–Kier alpha value is -0.860. The van der Waals surface area contributed by atoms with Gasteiger partial charge in [-0.2, -0.15) is 0 Å². The molecule has 3 atom stereocenters. The van der Waals surface area contributed by atoms with Gasteiger partial charge in [-0.15, -0.1) is 0 Å². The van der Waals surface area contributed by atoms with E-state index in [1.807, 2.05) is 6.07 Å². The van der Waals surface area contributed by atoms with Crippen LogP contribution in [0.3, 0.4) is 0 Å². The zero-order chi connectivity index (χ0) is 13.0. The molecule has 100 valence electrons. The zero-order valence-electron chi connectivity index (χ0n) is 11.7. The molecule has 0 amide bonds. The fourth-order valence-corrected chi connectivity index (χ4v) is 2.98. The molecule has 3 unspecified atom stereocenters. The normalized spacial score (nSPS) is 24.7. The topological polar surface area (TPSA) is 29.3 Å². The average molecular weight is 246 g/mol. The summed E-state index contributed by atoms with van der Waals surface area (Å²) >= 11 is 0. The van der Waals surface area contributed by atoms with E-state index in [2.05, 4.69) is 43.0 Å². The monoisotopic (exact) mass is 246 g/mol. The Kier molecular flexibility index (Phi) is 4.79. The summed E-state index contributed by atoms with van der Waals surface area (Å²) in [6, 6.07) is 10.6. The minimum absolute atomic E-state index is 0.156. The largest absolute Gasteiger partial charge is 0.324 e.